The molecule has 0 unspecified atom stereocenters. The zero-order chi connectivity index (χ0) is 28.4. The number of hydrogen-bond acceptors (Lipinski definition) is 6. The third-order valence-corrected chi connectivity index (χ3v) is 7.76. The maximum absolute atomic E-state index is 13.9. The summed E-state index contributed by atoms with van der Waals surface area (Å²) in [5.41, 5.74) is 4.95. The van der Waals surface area contributed by atoms with Crippen LogP contribution in [0.1, 0.15) is 42.7 Å². The lowest BCUT2D eigenvalue weighted by Gasteiger charge is -2.37. The van der Waals surface area contributed by atoms with Gasteiger partial charge in [0.2, 0.25) is 0 Å². The molecule has 3 aromatic carbocycles. The molecule has 5 rings (SSSR count). The number of anilines is 1. The van der Waals surface area contributed by atoms with E-state index in [1.165, 1.54) is 0 Å². The molecule has 206 valence electrons. The fourth-order valence-electron chi connectivity index (χ4n) is 5.61. The molecule has 7 nitrogen and oxygen atoms in total. The second-order valence-corrected chi connectivity index (χ2v) is 10.3. The normalized spacial score (nSPS) is 18.6. The lowest BCUT2D eigenvalue weighted by atomic mass is 9.71. The molecule has 1 aliphatic carbocycles. The van der Waals surface area contributed by atoms with Crippen molar-refractivity contribution in [2.45, 2.75) is 31.6 Å². The van der Waals surface area contributed by atoms with Crippen molar-refractivity contribution in [3.05, 3.63) is 105 Å². The van der Waals surface area contributed by atoms with E-state index in [9.17, 15) is 9.59 Å². The molecular weight excluding hydrogens is 528 g/mol. The second-order valence-electron chi connectivity index (χ2n) is 9.84. The molecule has 1 amide bonds. The molecule has 2 aliphatic rings. The first-order valence-corrected chi connectivity index (χ1v) is 13.4. The number of benzene rings is 3. The highest BCUT2D eigenvalue weighted by Crippen LogP contribution is 2.46. The summed E-state index contributed by atoms with van der Waals surface area (Å²) in [6.07, 6.45) is 0.917. The summed E-state index contributed by atoms with van der Waals surface area (Å²) in [7, 11) is 4.75. The quantitative estimate of drug-likeness (QED) is 0.351. The predicted molar refractivity (Wildman–Crippen MR) is 155 cm³/mol. The number of ether oxygens (including phenoxy) is 3. The average Bonchev–Trinajstić information content (AvgIpc) is 2.96. The number of halogens is 1. The first-order valence-electron chi connectivity index (χ1n) is 13.0. The van der Waals surface area contributed by atoms with Crippen LogP contribution in [0.15, 0.2) is 89.3 Å². The van der Waals surface area contributed by atoms with E-state index in [4.69, 9.17) is 25.8 Å². The first kappa shape index (κ1) is 27.3. The van der Waals surface area contributed by atoms with Crippen molar-refractivity contribution in [2.24, 2.45) is 0 Å². The number of ketones is 1. The van der Waals surface area contributed by atoms with Gasteiger partial charge in [0.1, 0.15) is 5.75 Å². The number of hydrogen-bond donors (Lipinski definition) is 2. The number of rotatable bonds is 7. The van der Waals surface area contributed by atoms with Gasteiger partial charge in [0.25, 0.3) is 5.91 Å². The Balaban J connectivity index is 1.54. The number of nitrogens with one attached hydrogen (secondary N) is 2. The minimum absolute atomic E-state index is 0.0106. The molecule has 0 saturated carbocycles. The van der Waals surface area contributed by atoms with Crippen LogP contribution in [0.25, 0.3) is 0 Å². The zero-order valence-electron chi connectivity index (χ0n) is 22.8. The number of allylic oxidation sites excluding steroid dienone is 3. The molecule has 1 aliphatic heterocycles. The predicted octanol–water partition coefficient (Wildman–Crippen LogP) is 6.37. The minimum Gasteiger partial charge on any atom is -0.495 e. The maximum Gasteiger partial charge on any atom is 0.254 e. The molecule has 0 spiro atoms. The highest BCUT2D eigenvalue weighted by Gasteiger charge is 2.41. The van der Waals surface area contributed by atoms with E-state index in [0.29, 0.717) is 57.6 Å². The number of carbonyl (C=O) groups excluding carboxylic acids is 2. The van der Waals surface area contributed by atoms with Gasteiger partial charge in [-0.15, -0.1) is 0 Å². The van der Waals surface area contributed by atoms with Crippen LogP contribution in [0.3, 0.4) is 0 Å². The Hall–Kier alpha value is -4.23. The zero-order valence-corrected chi connectivity index (χ0v) is 23.6. The highest BCUT2D eigenvalue weighted by molar-refractivity contribution is 6.30. The summed E-state index contributed by atoms with van der Waals surface area (Å²) in [6.45, 7) is 1.87. The van der Waals surface area contributed by atoms with E-state index in [-0.39, 0.29) is 17.6 Å². The fourth-order valence-corrected chi connectivity index (χ4v) is 5.73. The van der Waals surface area contributed by atoms with Crippen molar-refractivity contribution in [2.75, 3.05) is 26.6 Å². The Bertz CT molecular complexity index is 1530. The van der Waals surface area contributed by atoms with Gasteiger partial charge >= 0.3 is 0 Å². The number of methoxy groups -OCH3 is 3. The number of carbonyl (C=O) groups is 2. The molecule has 0 bridgehead atoms. The van der Waals surface area contributed by atoms with Crippen LogP contribution in [-0.2, 0) is 9.59 Å². The highest BCUT2D eigenvalue weighted by atomic mass is 35.5. The number of dihydropyridines is 1. The summed E-state index contributed by atoms with van der Waals surface area (Å²) in [6, 6.07) is 20.3. The van der Waals surface area contributed by atoms with Crippen molar-refractivity contribution in [1.29, 1.82) is 0 Å². The van der Waals surface area contributed by atoms with Crippen LogP contribution in [-0.4, -0.2) is 33.0 Å². The Morgan fingerprint density at radius 1 is 0.875 bits per heavy atom. The van der Waals surface area contributed by atoms with Crippen molar-refractivity contribution in [3.8, 4) is 17.2 Å². The molecular formula is C32H31ClN2O5. The van der Waals surface area contributed by atoms with E-state index in [0.717, 1.165) is 16.8 Å². The summed E-state index contributed by atoms with van der Waals surface area (Å²) in [5, 5.41) is 6.99. The maximum atomic E-state index is 13.9. The van der Waals surface area contributed by atoms with E-state index in [1.807, 2.05) is 49.4 Å². The molecule has 2 atom stereocenters. The van der Waals surface area contributed by atoms with Crippen molar-refractivity contribution in [1.82, 2.24) is 5.32 Å². The van der Waals surface area contributed by atoms with Crippen LogP contribution < -0.4 is 24.8 Å². The molecule has 0 fully saturated rings. The number of para-hydroxylation sites is 2. The Labute approximate surface area is 238 Å². The van der Waals surface area contributed by atoms with Gasteiger partial charge in [-0.1, -0.05) is 41.9 Å². The molecule has 0 radical (unpaired) electrons. The molecule has 3 aromatic rings. The fraction of sp³-hybridized carbons (Fsp3) is 0.250. The monoisotopic (exact) mass is 558 g/mol. The van der Waals surface area contributed by atoms with Gasteiger partial charge in [-0.3, -0.25) is 9.59 Å². The van der Waals surface area contributed by atoms with E-state index in [2.05, 4.69) is 10.6 Å². The van der Waals surface area contributed by atoms with E-state index in [1.54, 1.807) is 45.6 Å². The second kappa shape index (κ2) is 11.5. The van der Waals surface area contributed by atoms with Crippen molar-refractivity contribution >= 4 is 29.0 Å². The van der Waals surface area contributed by atoms with Gasteiger partial charge in [-0.05, 0) is 66.8 Å². The van der Waals surface area contributed by atoms with Crippen molar-refractivity contribution in [3.63, 3.8) is 0 Å². The molecule has 1 heterocycles. The van der Waals surface area contributed by atoms with Crippen LogP contribution in [0.2, 0.25) is 5.02 Å². The average molecular weight is 559 g/mol. The third kappa shape index (κ3) is 5.17. The molecule has 0 aromatic heterocycles. The number of amides is 1. The van der Waals surface area contributed by atoms with Crippen LogP contribution in [0.4, 0.5) is 5.69 Å². The summed E-state index contributed by atoms with van der Waals surface area (Å²) < 4.78 is 16.3. The van der Waals surface area contributed by atoms with Crippen LogP contribution in [0, 0.1) is 0 Å². The Morgan fingerprint density at radius 3 is 2.25 bits per heavy atom. The molecule has 40 heavy (non-hydrogen) atoms. The van der Waals surface area contributed by atoms with Crippen LogP contribution >= 0.6 is 11.6 Å². The minimum atomic E-state index is -0.554. The number of Topliss-reactive ketones (excluding diaryl/α,β-unsaturated/α-hetero) is 1. The molecule has 8 heteroatoms. The summed E-state index contributed by atoms with van der Waals surface area (Å²) in [4.78, 5) is 27.8. The van der Waals surface area contributed by atoms with Crippen LogP contribution in [0.5, 0.6) is 17.2 Å². The standard InChI is InChI=1S/C32H31ClN2O5/c1-18-29(32(37)35-23-7-5-6-8-26(23)38-2)30(19-9-12-22(33)13-10-19)31-24(34-18)15-21(16-25(31)36)20-11-14-27(39-3)28(17-20)40-4/h5-14,17,21,30,34H,15-16H2,1-4H3,(H,35,37)/t21-,30+/m0/s1. The van der Waals surface area contributed by atoms with Gasteiger partial charge in [0, 0.05) is 39.9 Å². The van der Waals surface area contributed by atoms with Crippen molar-refractivity contribution < 1.29 is 23.8 Å². The molecule has 2 N–H and O–H groups in total. The Kier molecular flexibility index (Phi) is 7.85. The van der Waals surface area contributed by atoms with Gasteiger partial charge in [-0.25, -0.2) is 0 Å². The van der Waals surface area contributed by atoms with Gasteiger partial charge in [0.15, 0.2) is 17.3 Å². The lowest BCUT2D eigenvalue weighted by molar-refractivity contribution is -0.116. The summed E-state index contributed by atoms with van der Waals surface area (Å²) in [5.74, 6) is 0.876. The largest absolute Gasteiger partial charge is 0.495 e. The smallest absolute Gasteiger partial charge is 0.254 e. The topological polar surface area (TPSA) is 85.9 Å². The molecule has 0 saturated heterocycles. The van der Waals surface area contributed by atoms with Gasteiger partial charge in [-0.2, -0.15) is 0 Å². The Morgan fingerprint density at radius 2 is 1.55 bits per heavy atom. The van der Waals surface area contributed by atoms with Gasteiger partial charge in [0.05, 0.1) is 27.0 Å². The van der Waals surface area contributed by atoms with E-state index >= 15 is 0 Å². The lowest BCUT2D eigenvalue weighted by Crippen LogP contribution is -2.37. The SMILES string of the molecule is COc1ccccc1NC(=O)C1=C(C)NC2=C(C(=O)C[C@@H](c3ccc(OC)c(OC)c3)C2)[C@@H]1c1ccc(Cl)cc1. The third-order valence-electron chi connectivity index (χ3n) is 7.51. The first-order chi connectivity index (χ1) is 19.3. The summed E-state index contributed by atoms with van der Waals surface area (Å²) >= 11 is 6.20. The van der Waals surface area contributed by atoms with E-state index < -0.39 is 5.92 Å². The van der Waals surface area contributed by atoms with Gasteiger partial charge < -0.3 is 24.8 Å².